The second-order valence-electron chi connectivity index (χ2n) is 6.90. The molecule has 5 heteroatoms. The highest BCUT2D eigenvalue weighted by molar-refractivity contribution is 6.32. The molecule has 0 spiro atoms. The molecule has 3 rings (SSSR count). The van der Waals surface area contributed by atoms with Crippen molar-refractivity contribution in [3.05, 3.63) is 70.8 Å². The highest BCUT2D eigenvalue weighted by Crippen LogP contribution is 2.19. The van der Waals surface area contributed by atoms with Crippen LogP contribution in [-0.4, -0.2) is 29.8 Å². The van der Waals surface area contributed by atoms with Crippen LogP contribution in [0.5, 0.6) is 0 Å². The van der Waals surface area contributed by atoms with E-state index < -0.39 is 0 Å². The van der Waals surface area contributed by atoms with Crippen LogP contribution in [0.25, 0.3) is 6.08 Å². The summed E-state index contributed by atoms with van der Waals surface area (Å²) in [6.45, 7) is 3.84. The van der Waals surface area contributed by atoms with Crippen LogP contribution in [-0.2, 0) is 4.79 Å². The van der Waals surface area contributed by atoms with Gasteiger partial charge in [-0.2, -0.15) is 0 Å². The van der Waals surface area contributed by atoms with E-state index in [0.717, 1.165) is 31.5 Å². The van der Waals surface area contributed by atoms with Gasteiger partial charge in [0.1, 0.15) is 0 Å². The third-order valence-electron chi connectivity index (χ3n) is 4.79. The minimum Gasteiger partial charge on any atom is -0.339 e. The van der Waals surface area contributed by atoms with Crippen LogP contribution in [0.15, 0.2) is 54.6 Å². The fraction of sp³-hybridized carbons (Fsp3) is 0.273. The molecule has 0 bridgehead atoms. The largest absolute Gasteiger partial charge is 0.339 e. The lowest BCUT2D eigenvalue weighted by Crippen LogP contribution is -2.37. The Morgan fingerprint density at radius 1 is 1.07 bits per heavy atom. The Morgan fingerprint density at radius 3 is 2.41 bits per heavy atom. The Kier molecular flexibility index (Phi) is 6.30. The van der Waals surface area contributed by atoms with Crippen LogP contribution in [0.2, 0.25) is 5.02 Å². The molecule has 0 aliphatic carbocycles. The Bertz CT molecular complexity index is 838. The number of halogens is 1. The molecular weight excluding hydrogens is 360 g/mol. The molecule has 0 saturated carbocycles. The van der Waals surface area contributed by atoms with Crippen LogP contribution < -0.4 is 5.32 Å². The standard InChI is InChI=1S/C22H23ClN2O2/c1-16-12-14-25(15-13-16)22(27)18-6-9-19(10-7-18)24-21(26)11-8-17-4-2-3-5-20(17)23/h2-11,16H,12-15H2,1H3,(H,24,26)/b11-8+. The van der Waals surface area contributed by atoms with Crippen molar-refractivity contribution in [2.24, 2.45) is 5.92 Å². The van der Waals surface area contributed by atoms with Crippen molar-refractivity contribution < 1.29 is 9.59 Å². The van der Waals surface area contributed by atoms with Gasteiger partial charge in [0.25, 0.3) is 5.91 Å². The molecule has 0 radical (unpaired) electrons. The molecule has 0 aromatic heterocycles. The molecule has 2 aromatic carbocycles. The van der Waals surface area contributed by atoms with Crippen LogP contribution in [0.4, 0.5) is 5.69 Å². The Morgan fingerprint density at radius 2 is 1.74 bits per heavy atom. The summed E-state index contributed by atoms with van der Waals surface area (Å²) in [5.74, 6) is 0.489. The summed E-state index contributed by atoms with van der Waals surface area (Å²) < 4.78 is 0. The van der Waals surface area contributed by atoms with E-state index >= 15 is 0 Å². The molecule has 1 aliphatic heterocycles. The zero-order valence-corrected chi connectivity index (χ0v) is 16.1. The number of nitrogens with zero attached hydrogens (tertiary/aromatic N) is 1. The SMILES string of the molecule is CC1CCN(C(=O)c2ccc(NC(=O)/C=C/c3ccccc3Cl)cc2)CC1. The second-order valence-corrected chi connectivity index (χ2v) is 7.30. The van der Waals surface area contributed by atoms with Gasteiger partial charge in [-0.05, 0) is 60.7 Å². The zero-order chi connectivity index (χ0) is 19.2. The van der Waals surface area contributed by atoms with E-state index in [0.29, 0.717) is 22.2 Å². The topological polar surface area (TPSA) is 49.4 Å². The molecule has 1 N–H and O–H groups in total. The van der Waals surface area contributed by atoms with Gasteiger partial charge in [0.05, 0.1) is 0 Å². The van der Waals surface area contributed by atoms with E-state index in [9.17, 15) is 9.59 Å². The second kappa shape index (κ2) is 8.87. The summed E-state index contributed by atoms with van der Waals surface area (Å²) in [7, 11) is 0. The summed E-state index contributed by atoms with van der Waals surface area (Å²) in [5.41, 5.74) is 2.08. The lowest BCUT2D eigenvalue weighted by atomic mass is 9.98. The summed E-state index contributed by atoms with van der Waals surface area (Å²) >= 11 is 6.07. The third kappa shape index (κ3) is 5.20. The van der Waals surface area contributed by atoms with E-state index in [2.05, 4.69) is 12.2 Å². The molecule has 4 nitrogen and oxygen atoms in total. The number of nitrogens with one attached hydrogen (secondary N) is 1. The first-order valence-corrected chi connectivity index (χ1v) is 9.53. The van der Waals surface area contributed by atoms with Gasteiger partial charge in [-0.25, -0.2) is 0 Å². The van der Waals surface area contributed by atoms with Crippen molar-refractivity contribution in [1.82, 2.24) is 4.90 Å². The number of piperidine rings is 1. The Hall–Kier alpha value is -2.59. The van der Waals surface area contributed by atoms with Crippen molar-refractivity contribution in [2.75, 3.05) is 18.4 Å². The maximum absolute atomic E-state index is 12.5. The first-order chi connectivity index (χ1) is 13.0. The van der Waals surface area contributed by atoms with E-state index in [1.165, 1.54) is 6.08 Å². The maximum atomic E-state index is 12.5. The van der Waals surface area contributed by atoms with E-state index in [1.54, 1.807) is 36.4 Å². The normalized spacial score (nSPS) is 15.1. The smallest absolute Gasteiger partial charge is 0.253 e. The average Bonchev–Trinajstić information content (AvgIpc) is 2.68. The van der Waals surface area contributed by atoms with E-state index in [1.807, 2.05) is 23.1 Å². The molecule has 2 aromatic rings. The summed E-state index contributed by atoms with van der Waals surface area (Å²) in [6, 6.07) is 14.3. The van der Waals surface area contributed by atoms with Gasteiger partial charge in [0.2, 0.25) is 5.91 Å². The Labute approximate surface area is 164 Å². The number of anilines is 1. The molecule has 0 atom stereocenters. The Balaban J connectivity index is 1.58. The molecular formula is C22H23ClN2O2. The molecule has 1 heterocycles. The molecule has 27 heavy (non-hydrogen) atoms. The molecule has 2 amide bonds. The van der Waals surface area contributed by atoms with Gasteiger partial charge in [-0.1, -0.05) is 36.7 Å². The van der Waals surface area contributed by atoms with Crippen molar-refractivity contribution in [3.63, 3.8) is 0 Å². The number of carbonyl (C=O) groups is 2. The summed E-state index contributed by atoms with van der Waals surface area (Å²) in [6.07, 6.45) is 5.22. The molecule has 0 unspecified atom stereocenters. The highest BCUT2D eigenvalue weighted by Gasteiger charge is 2.21. The molecule has 1 fully saturated rings. The number of hydrogen-bond donors (Lipinski definition) is 1. The number of likely N-dealkylation sites (tertiary alicyclic amines) is 1. The van der Waals surface area contributed by atoms with Crippen molar-refractivity contribution in [1.29, 1.82) is 0 Å². The third-order valence-corrected chi connectivity index (χ3v) is 5.13. The van der Waals surface area contributed by atoms with Gasteiger partial charge in [-0.15, -0.1) is 0 Å². The van der Waals surface area contributed by atoms with Crippen LogP contribution >= 0.6 is 11.6 Å². The quantitative estimate of drug-likeness (QED) is 0.767. The van der Waals surface area contributed by atoms with Crippen LogP contribution in [0.1, 0.15) is 35.7 Å². The van der Waals surface area contributed by atoms with Crippen molar-refractivity contribution in [3.8, 4) is 0 Å². The predicted molar refractivity (Wildman–Crippen MR) is 110 cm³/mol. The number of amides is 2. The number of rotatable bonds is 4. The van der Waals surface area contributed by atoms with E-state index in [4.69, 9.17) is 11.6 Å². The summed E-state index contributed by atoms with van der Waals surface area (Å²) in [4.78, 5) is 26.5. The van der Waals surface area contributed by atoms with Gasteiger partial charge >= 0.3 is 0 Å². The van der Waals surface area contributed by atoms with Gasteiger partial charge in [0, 0.05) is 35.4 Å². The first-order valence-electron chi connectivity index (χ1n) is 9.16. The fourth-order valence-electron chi connectivity index (χ4n) is 3.05. The fourth-order valence-corrected chi connectivity index (χ4v) is 3.25. The van der Waals surface area contributed by atoms with Crippen molar-refractivity contribution in [2.45, 2.75) is 19.8 Å². The minimum absolute atomic E-state index is 0.0541. The summed E-state index contributed by atoms with van der Waals surface area (Å²) in [5, 5.41) is 3.38. The molecule has 140 valence electrons. The van der Waals surface area contributed by atoms with Gasteiger partial charge in [0.15, 0.2) is 0 Å². The zero-order valence-electron chi connectivity index (χ0n) is 15.3. The number of hydrogen-bond acceptors (Lipinski definition) is 2. The lowest BCUT2D eigenvalue weighted by molar-refractivity contribution is -0.111. The minimum atomic E-state index is -0.251. The van der Waals surface area contributed by atoms with Crippen LogP contribution in [0, 0.1) is 5.92 Å². The highest BCUT2D eigenvalue weighted by atomic mass is 35.5. The molecule has 1 aliphatic rings. The monoisotopic (exact) mass is 382 g/mol. The van der Waals surface area contributed by atoms with Gasteiger partial charge < -0.3 is 10.2 Å². The lowest BCUT2D eigenvalue weighted by Gasteiger charge is -2.30. The number of benzene rings is 2. The predicted octanol–water partition coefficient (Wildman–Crippen LogP) is 4.86. The maximum Gasteiger partial charge on any atom is 0.253 e. The van der Waals surface area contributed by atoms with Crippen LogP contribution in [0.3, 0.4) is 0 Å². The average molecular weight is 383 g/mol. The van der Waals surface area contributed by atoms with Gasteiger partial charge in [-0.3, -0.25) is 9.59 Å². The molecule has 1 saturated heterocycles. The number of carbonyl (C=O) groups excluding carboxylic acids is 2. The van der Waals surface area contributed by atoms with Crippen molar-refractivity contribution >= 4 is 35.2 Å². The van der Waals surface area contributed by atoms with E-state index in [-0.39, 0.29) is 11.8 Å². The first kappa shape index (κ1) is 19.2.